The molecular weight excluding hydrogens is 424 g/mol. The Kier molecular flexibility index (Phi) is 6.72. The fourth-order valence-electron chi connectivity index (χ4n) is 4.13. The highest BCUT2D eigenvalue weighted by atomic mass is 32.1. The average Bonchev–Trinajstić information content (AvgIpc) is 2.80. The van der Waals surface area contributed by atoms with Gasteiger partial charge in [0.15, 0.2) is 4.77 Å². The van der Waals surface area contributed by atoms with Crippen LogP contribution < -0.4 is 10.5 Å². The summed E-state index contributed by atoms with van der Waals surface area (Å²) in [6.07, 6.45) is 0.699. The van der Waals surface area contributed by atoms with E-state index in [1.54, 1.807) is 29.9 Å². The molecule has 2 heterocycles. The van der Waals surface area contributed by atoms with Gasteiger partial charge in [0, 0.05) is 57.7 Å². The van der Waals surface area contributed by atoms with Gasteiger partial charge >= 0.3 is 0 Å². The molecular formula is C24H28N4O3S. The van der Waals surface area contributed by atoms with E-state index < -0.39 is 0 Å². The predicted molar refractivity (Wildman–Crippen MR) is 129 cm³/mol. The highest BCUT2D eigenvalue weighted by molar-refractivity contribution is 7.71. The third kappa shape index (κ3) is 4.61. The van der Waals surface area contributed by atoms with Gasteiger partial charge < -0.3 is 19.5 Å². The van der Waals surface area contributed by atoms with E-state index in [2.05, 4.69) is 41.1 Å². The second-order valence-electron chi connectivity index (χ2n) is 8.11. The van der Waals surface area contributed by atoms with Crippen LogP contribution in [-0.4, -0.2) is 60.3 Å². The monoisotopic (exact) mass is 452 g/mol. The number of aromatic amines is 1. The molecule has 7 nitrogen and oxygen atoms in total. The lowest BCUT2D eigenvalue weighted by atomic mass is 10.1. The molecule has 0 unspecified atom stereocenters. The number of H-pyrrole nitrogens is 1. The summed E-state index contributed by atoms with van der Waals surface area (Å²) >= 11 is 5.38. The molecule has 32 heavy (non-hydrogen) atoms. The van der Waals surface area contributed by atoms with E-state index in [0.29, 0.717) is 53.9 Å². The van der Waals surface area contributed by atoms with E-state index in [9.17, 15) is 9.59 Å². The minimum absolute atomic E-state index is 0.0283. The molecule has 0 aliphatic carbocycles. The molecule has 0 bridgehead atoms. The first kappa shape index (κ1) is 22.2. The number of hydrogen-bond donors (Lipinski definition) is 1. The minimum atomic E-state index is -0.148. The Morgan fingerprint density at radius 3 is 2.62 bits per heavy atom. The largest absolute Gasteiger partial charge is 0.385 e. The van der Waals surface area contributed by atoms with E-state index in [0.717, 1.165) is 13.1 Å². The summed E-state index contributed by atoms with van der Waals surface area (Å²) in [7, 11) is 1.63. The Hall–Kier alpha value is -2.97. The Morgan fingerprint density at radius 1 is 1.12 bits per heavy atom. The number of aryl methyl sites for hydroxylation is 1. The number of hydrogen-bond acceptors (Lipinski definition) is 5. The summed E-state index contributed by atoms with van der Waals surface area (Å²) in [5, 5.41) is 0.525. The van der Waals surface area contributed by atoms with Crippen LogP contribution in [0.2, 0.25) is 0 Å². The molecule has 3 aromatic rings. The van der Waals surface area contributed by atoms with Crippen molar-refractivity contribution in [3.05, 3.63) is 68.7 Å². The van der Waals surface area contributed by atoms with Gasteiger partial charge in [0.05, 0.1) is 10.9 Å². The Balaban J connectivity index is 1.50. The van der Waals surface area contributed by atoms with Crippen molar-refractivity contribution in [3.63, 3.8) is 0 Å². The minimum Gasteiger partial charge on any atom is -0.385 e. The standard InChI is InChI=1S/C24H28N4O3S/c1-17-5-3-6-19(15-17)26-10-12-27(13-11-26)22(29)18-7-8-20-21(16-18)25-24(32)28(23(20)30)9-4-14-31-2/h3,5-8,15-16H,4,9-14H2,1-2H3,(H,25,32). The quantitative estimate of drug-likeness (QED) is 0.459. The maximum atomic E-state index is 13.1. The van der Waals surface area contributed by atoms with Crippen molar-refractivity contribution in [2.24, 2.45) is 0 Å². The number of carbonyl (C=O) groups excluding carboxylic acids is 1. The number of rotatable bonds is 6. The number of amides is 1. The summed E-state index contributed by atoms with van der Waals surface area (Å²) in [5.74, 6) is -0.0283. The van der Waals surface area contributed by atoms with Gasteiger partial charge in [-0.3, -0.25) is 14.2 Å². The third-order valence-electron chi connectivity index (χ3n) is 5.89. The maximum absolute atomic E-state index is 13.1. The molecule has 1 aliphatic heterocycles. The van der Waals surface area contributed by atoms with Crippen molar-refractivity contribution >= 4 is 34.7 Å². The van der Waals surface area contributed by atoms with Gasteiger partial charge in [0.2, 0.25) is 0 Å². The number of nitrogens with one attached hydrogen (secondary N) is 1. The highest BCUT2D eigenvalue weighted by Crippen LogP contribution is 2.19. The number of nitrogens with zero attached hydrogens (tertiary/aromatic N) is 3. The molecule has 0 atom stereocenters. The molecule has 4 rings (SSSR count). The van der Waals surface area contributed by atoms with Crippen LogP contribution in [0.15, 0.2) is 47.3 Å². The van der Waals surface area contributed by atoms with E-state index in [1.807, 2.05) is 4.90 Å². The second kappa shape index (κ2) is 9.67. The first-order valence-corrected chi connectivity index (χ1v) is 11.3. The summed E-state index contributed by atoms with van der Waals surface area (Å²) in [5.41, 5.74) is 3.42. The summed E-state index contributed by atoms with van der Waals surface area (Å²) in [6.45, 7) is 6.02. The Bertz CT molecular complexity index is 1240. The first-order chi connectivity index (χ1) is 15.5. The zero-order valence-corrected chi connectivity index (χ0v) is 19.3. The van der Waals surface area contributed by atoms with Gasteiger partial charge in [-0.2, -0.15) is 0 Å². The van der Waals surface area contributed by atoms with Crippen LogP contribution >= 0.6 is 12.2 Å². The number of anilines is 1. The fraction of sp³-hybridized carbons (Fsp3) is 0.375. The Labute approximate surface area is 192 Å². The highest BCUT2D eigenvalue weighted by Gasteiger charge is 2.23. The van der Waals surface area contributed by atoms with Gasteiger partial charge in [-0.1, -0.05) is 12.1 Å². The number of carbonyl (C=O) groups is 1. The predicted octanol–water partition coefficient (Wildman–Crippen LogP) is 3.37. The van der Waals surface area contributed by atoms with Crippen LogP contribution in [0.4, 0.5) is 5.69 Å². The van der Waals surface area contributed by atoms with Crippen LogP contribution in [0.3, 0.4) is 0 Å². The van der Waals surface area contributed by atoms with Gasteiger partial charge in [-0.05, 0) is 61.5 Å². The molecule has 0 saturated carbocycles. The number of benzene rings is 2. The number of aromatic nitrogens is 2. The average molecular weight is 453 g/mol. The van der Waals surface area contributed by atoms with Crippen LogP contribution in [0.1, 0.15) is 22.3 Å². The normalized spacial score (nSPS) is 14.2. The van der Waals surface area contributed by atoms with E-state index >= 15 is 0 Å². The smallest absolute Gasteiger partial charge is 0.262 e. The van der Waals surface area contributed by atoms with Crippen molar-refractivity contribution in [2.45, 2.75) is 19.9 Å². The molecule has 1 saturated heterocycles. The number of ether oxygens (including phenoxy) is 1. The van der Waals surface area contributed by atoms with Crippen molar-refractivity contribution in [1.82, 2.24) is 14.5 Å². The molecule has 1 amide bonds. The SMILES string of the molecule is COCCCn1c(=S)[nH]c2cc(C(=O)N3CCN(c4cccc(C)c4)CC3)ccc2c1=O. The molecule has 1 N–H and O–H groups in total. The molecule has 168 valence electrons. The topological polar surface area (TPSA) is 70.6 Å². The van der Waals surface area contributed by atoms with Crippen molar-refractivity contribution in [3.8, 4) is 0 Å². The van der Waals surface area contributed by atoms with Crippen LogP contribution in [0, 0.1) is 11.7 Å². The maximum Gasteiger partial charge on any atom is 0.262 e. The van der Waals surface area contributed by atoms with Crippen LogP contribution in [0.5, 0.6) is 0 Å². The van der Waals surface area contributed by atoms with Crippen LogP contribution in [0.25, 0.3) is 10.9 Å². The zero-order chi connectivity index (χ0) is 22.7. The summed E-state index contributed by atoms with van der Waals surface area (Å²) in [6, 6.07) is 13.6. The van der Waals surface area contributed by atoms with Crippen molar-refractivity contribution in [1.29, 1.82) is 0 Å². The number of fused-ring (bicyclic) bond motifs is 1. The lowest BCUT2D eigenvalue weighted by Gasteiger charge is -2.36. The molecule has 8 heteroatoms. The summed E-state index contributed by atoms with van der Waals surface area (Å²) in [4.78, 5) is 33.3. The molecule has 0 spiro atoms. The lowest BCUT2D eigenvalue weighted by molar-refractivity contribution is 0.0747. The van der Waals surface area contributed by atoms with E-state index in [4.69, 9.17) is 17.0 Å². The molecule has 2 aromatic carbocycles. The van der Waals surface area contributed by atoms with E-state index in [1.165, 1.54) is 11.3 Å². The van der Waals surface area contributed by atoms with Crippen molar-refractivity contribution in [2.75, 3.05) is 44.8 Å². The first-order valence-electron chi connectivity index (χ1n) is 10.8. The number of piperazine rings is 1. The lowest BCUT2D eigenvalue weighted by Crippen LogP contribution is -2.48. The Morgan fingerprint density at radius 2 is 1.91 bits per heavy atom. The van der Waals surface area contributed by atoms with Crippen LogP contribution in [-0.2, 0) is 11.3 Å². The van der Waals surface area contributed by atoms with Gasteiger partial charge in [0.25, 0.3) is 11.5 Å². The van der Waals surface area contributed by atoms with Gasteiger partial charge in [-0.25, -0.2) is 0 Å². The molecule has 1 aliphatic rings. The third-order valence-corrected chi connectivity index (χ3v) is 6.22. The molecule has 1 aromatic heterocycles. The zero-order valence-electron chi connectivity index (χ0n) is 18.5. The summed E-state index contributed by atoms with van der Waals surface area (Å²) < 4.78 is 6.96. The fourth-order valence-corrected chi connectivity index (χ4v) is 4.42. The molecule has 0 radical (unpaired) electrons. The molecule has 1 fully saturated rings. The second-order valence-corrected chi connectivity index (χ2v) is 8.50. The number of methoxy groups -OCH3 is 1. The van der Waals surface area contributed by atoms with E-state index in [-0.39, 0.29) is 11.5 Å². The van der Waals surface area contributed by atoms with Gasteiger partial charge in [0.1, 0.15) is 0 Å². The van der Waals surface area contributed by atoms with Gasteiger partial charge in [-0.15, -0.1) is 0 Å². The van der Waals surface area contributed by atoms with Crippen molar-refractivity contribution < 1.29 is 9.53 Å².